The minimum atomic E-state index is -1.17. The average molecular weight is 208 g/mol. The number of aromatic carboxylic acids is 1. The Labute approximate surface area is 118 Å². The predicted molar refractivity (Wildman–Crippen MR) is 48.8 cm³/mol. The second-order valence-corrected chi connectivity index (χ2v) is 2.16. The molecule has 0 spiro atoms. The van der Waals surface area contributed by atoms with Crippen molar-refractivity contribution >= 4 is 57.4 Å². The maximum atomic E-state index is 10.5. The molecule has 66 valence electrons. The number of rotatable bonds is 2. The molecule has 0 saturated carbocycles. The summed E-state index contributed by atoms with van der Waals surface area (Å²) in [5.41, 5.74) is -0.158. The summed E-state index contributed by atoms with van der Waals surface area (Å²) >= 11 is 0. The van der Waals surface area contributed by atoms with E-state index in [1.54, 1.807) is 0 Å². The summed E-state index contributed by atoms with van der Waals surface area (Å²) in [5.74, 6) is -1.35. The van der Waals surface area contributed by atoms with Gasteiger partial charge in [0, 0.05) is 0 Å². The number of benzene rings is 1. The van der Waals surface area contributed by atoms with Crippen LogP contribution in [0.4, 0.5) is 0 Å². The Morgan fingerprint density at radius 2 is 2.08 bits per heavy atom. The van der Waals surface area contributed by atoms with Gasteiger partial charge in [-0.25, -0.2) is 4.79 Å². The van der Waals surface area contributed by atoms with Crippen molar-refractivity contribution in [1.29, 1.82) is 0 Å². The van der Waals surface area contributed by atoms with Gasteiger partial charge >= 0.3 is 57.4 Å². The van der Waals surface area contributed by atoms with Gasteiger partial charge in [-0.1, -0.05) is 6.07 Å². The van der Waals surface area contributed by atoms with Gasteiger partial charge in [0.15, 0.2) is 11.5 Å². The van der Waals surface area contributed by atoms with E-state index in [-0.39, 0.29) is 68.4 Å². The van der Waals surface area contributed by atoms with Crippen LogP contribution in [-0.4, -0.2) is 74.7 Å². The van der Waals surface area contributed by atoms with Gasteiger partial charge in [0.25, 0.3) is 0 Å². The molecule has 0 bridgehead atoms. The zero-order chi connectivity index (χ0) is 9.14. The number of carbonyl (C=O) groups is 1. The molecule has 1 aromatic carbocycles. The standard InChI is InChI=1S/C8H8O4.K.H/c1-12-6-4-2-3-5(7(6)9)8(10)11;;/h2-4,9H,1H3,(H,10,11);;. The number of aromatic hydroxyl groups is 1. The number of hydrogen-bond donors (Lipinski definition) is 2. The Morgan fingerprint density at radius 3 is 2.54 bits per heavy atom. The summed E-state index contributed by atoms with van der Waals surface area (Å²) in [6, 6.07) is 4.30. The van der Waals surface area contributed by atoms with E-state index in [1.165, 1.54) is 25.3 Å². The molecule has 0 amide bonds. The number of para-hydroxylation sites is 1. The molecule has 5 heteroatoms. The molecule has 0 aliphatic rings. The topological polar surface area (TPSA) is 66.8 Å². The molecule has 0 aliphatic carbocycles. The molecule has 2 N–H and O–H groups in total. The number of ether oxygens (including phenoxy) is 1. The number of carboxylic acid groups (broad SMARTS) is 1. The Balaban J connectivity index is 0.00000144. The van der Waals surface area contributed by atoms with Crippen LogP contribution in [0.2, 0.25) is 0 Å². The molecule has 0 atom stereocenters. The zero-order valence-corrected chi connectivity index (χ0v) is 6.44. The fraction of sp³-hybridized carbons (Fsp3) is 0.125. The van der Waals surface area contributed by atoms with Crippen molar-refractivity contribution in [2.24, 2.45) is 0 Å². The number of carboxylic acids is 1. The Hall–Kier alpha value is -0.0736. The summed E-state index contributed by atoms with van der Waals surface area (Å²) < 4.78 is 4.72. The van der Waals surface area contributed by atoms with Crippen LogP contribution in [0.25, 0.3) is 0 Å². The quantitative estimate of drug-likeness (QED) is 0.692. The van der Waals surface area contributed by atoms with E-state index in [0.717, 1.165) is 0 Å². The third-order valence-electron chi connectivity index (χ3n) is 1.45. The van der Waals surface area contributed by atoms with E-state index in [2.05, 4.69) is 0 Å². The first kappa shape index (κ1) is 12.9. The predicted octanol–water partition coefficient (Wildman–Crippen LogP) is 0.450. The second kappa shape index (κ2) is 5.61. The van der Waals surface area contributed by atoms with E-state index in [4.69, 9.17) is 9.84 Å². The third-order valence-corrected chi connectivity index (χ3v) is 1.45. The monoisotopic (exact) mass is 208 g/mol. The first-order chi connectivity index (χ1) is 5.66. The molecule has 0 fully saturated rings. The van der Waals surface area contributed by atoms with Crippen LogP contribution < -0.4 is 4.74 Å². The molecule has 0 aliphatic heterocycles. The van der Waals surface area contributed by atoms with Gasteiger partial charge in [0.05, 0.1) is 7.11 Å². The van der Waals surface area contributed by atoms with Crippen LogP contribution in [-0.2, 0) is 0 Å². The molecule has 0 heterocycles. The summed E-state index contributed by atoms with van der Waals surface area (Å²) in [6.45, 7) is 0. The van der Waals surface area contributed by atoms with Crippen molar-refractivity contribution in [3.8, 4) is 11.5 Å². The SMILES string of the molecule is COc1cccc(C(=O)O)c1O.[KH]. The molecule has 4 nitrogen and oxygen atoms in total. The van der Waals surface area contributed by atoms with Crippen LogP contribution in [0.15, 0.2) is 18.2 Å². The first-order valence-electron chi connectivity index (χ1n) is 3.26. The van der Waals surface area contributed by atoms with Gasteiger partial charge in [-0.3, -0.25) is 0 Å². The van der Waals surface area contributed by atoms with Crippen molar-refractivity contribution in [3.05, 3.63) is 23.8 Å². The molecule has 13 heavy (non-hydrogen) atoms. The van der Waals surface area contributed by atoms with Crippen molar-refractivity contribution in [3.63, 3.8) is 0 Å². The molecule has 1 rings (SSSR count). The minimum absolute atomic E-state index is 0. The molecule has 0 radical (unpaired) electrons. The molecule has 0 aromatic heterocycles. The van der Waals surface area contributed by atoms with Gasteiger partial charge < -0.3 is 14.9 Å². The number of methoxy groups -OCH3 is 1. The molecule has 0 saturated heterocycles. The summed E-state index contributed by atoms with van der Waals surface area (Å²) in [7, 11) is 1.36. The van der Waals surface area contributed by atoms with Crippen LogP contribution in [0, 0.1) is 0 Å². The Morgan fingerprint density at radius 1 is 1.46 bits per heavy atom. The van der Waals surface area contributed by atoms with E-state index < -0.39 is 5.97 Å². The Bertz CT molecular complexity index is 311. The third kappa shape index (κ3) is 2.96. The maximum absolute atomic E-state index is 10.5. The van der Waals surface area contributed by atoms with E-state index in [9.17, 15) is 9.90 Å². The van der Waals surface area contributed by atoms with Crippen LogP contribution >= 0.6 is 0 Å². The van der Waals surface area contributed by atoms with Crippen molar-refractivity contribution < 1.29 is 19.7 Å². The number of phenols is 1. The second-order valence-electron chi connectivity index (χ2n) is 2.16. The van der Waals surface area contributed by atoms with Crippen molar-refractivity contribution in [2.45, 2.75) is 0 Å². The summed E-state index contributed by atoms with van der Waals surface area (Å²) in [4.78, 5) is 10.5. The molecule has 1 aromatic rings. The molecular formula is C8H9KO4. The number of hydrogen-bond acceptors (Lipinski definition) is 3. The van der Waals surface area contributed by atoms with Crippen LogP contribution in [0.5, 0.6) is 11.5 Å². The van der Waals surface area contributed by atoms with Gasteiger partial charge in [0.1, 0.15) is 5.56 Å². The normalized spacial score (nSPS) is 8.69. The van der Waals surface area contributed by atoms with Crippen molar-refractivity contribution in [2.75, 3.05) is 7.11 Å². The molecule has 0 unspecified atom stereocenters. The van der Waals surface area contributed by atoms with E-state index >= 15 is 0 Å². The van der Waals surface area contributed by atoms with Gasteiger partial charge in [-0.2, -0.15) is 0 Å². The summed E-state index contributed by atoms with van der Waals surface area (Å²) in [6.07, 6.45) is 0. The van der Waals surface area contributed by atoms with E-state index in [1.807, 2.05) is 0 Å². The summed E-state index contributed by atoms with van der Waals surface area (Å²) in [5, 5.41) is 17.8. The fourth-order valence-electron chi connectivity index (χ4n) is 0.860. The van der Waals surface area contributed by atoms with Gasteiger partial charge in [0.2, 0.25) is 0 Å². The molecular weight excluding hydrogens is 199 g/mol. The Kier molecular flexibility index (Phi) is 5.58. The average Bonchev–Trinajstić information content (AvgIpc) is 2.04. The zero-order valence-electron chi connectivity index (χ0n) is 6.44. The van der Waals surface area contributed by atoms with Crippen LogP contribution in [0.1, 0.15) is 10.4 Å². The van der Waals surface area contributed by atoms with Gasteiger partial charge in [-0.05, 0) is 12.1 Å². The van der Waals surface area contributed by atoms with Crippen molar-refractivity contribution in [1.82, 2.24) is 0 Å². The van der Waals surface area contributed by atoms with Crippen LogP contribution in [0.3, 0.4) is 0 Å². The van der Waals surface area contributed by atoms with E-state index in [0.29, 0.717) is 0 Å². The fourth-order valence-corrected chi connectivity index (χ4v) is 0.860. The van der Waals surface area contributed by atoms with Gasteiger partial charge in [-0.15, -0.1) is 0 Å². The first-order valence-corrected chi connectivity index (χ1v) is 3.26.